The number of benzene rings is 1. The molecule has 1 aromatic carbocycles. The third-order valence-corrected chi connectivity index (χ3v) is 3.66. The van der Waals surface area contributed by atoms with Gasteiger partial charge in [0.1, 0.15) is 18.0 Å². The van der Waals surface area contributed by atoms with Crippen molar-refractivity contribution in [3.63, 3.8) is 0 Å². The Bertz CT molecular complexity index is 455. The average molecular weight is 276 g/mol. The normalized spacial score (nSPS) is 23.2. The number of nitriles is 1. The van der Waals surface area contributed by atoms with Gasteiger partial charge in [-0.1, -0.05) is 13.3 Å². The number of piperidine rings is 1. The van der Waals surface area contributed by atoms with Crippen molar-refractivity contribution in [3.05, 3.63) is 29.8 Å². The minimum absolute atomic E-state index is 0.374. The summed E-state index contributed by atoms with van der Waals surface area (Å²) in [5.74, 6) is 0.638. The standard InChI is InChI=1S/C16H21FN2O/c1-2-3-9-19-10-8-16(15(17)12-19)20-14-6-4-13(11-18)5-7-14/h4-7,15-16H,2-3,8-10,12H2,1H3. The number of hydrogen-bond donors (Lipinski definition) is 0. The number of unbranched alkanes of at least 4 members (excludes halogenated alkanes) is 1. The summed E-state index contributed by atoms with van der Waals surface area (Å²) in [5.41, 5.74) is 0.587. The van der Waals surface area contributed by atoms with Crippen molar-refractivity contribution >= 4 is 0 Å². The van der Waals surface area contributed by atoms with Crippen molar-refractivity contribution in [2.75, 3.05) is 19.6 Å². The number of ether oxygens (including phenoxy) is 1. The zero-order chi connectivity index (χ0) is 14.4. The maximum Gasteiger partial charge on any atom is 0.149 e. The lowest BCUT2D eigenvalue weighted by atomic mass is 10.1. The first kappa shape index (κ1) is 14.8. The quantitative estimate of drug-likeness (QED) is 0.829. The summed E-state index contributed by atoms with van der Waals surface area (Å²) in [6, 6.07) is 8.90. The second-order valence-corrected chi connectivity index (χ2v) is 5.25. The van der Waals surface area contributed by atoms with Crippen molar-refractivity contribution in [3.8, 4) is 11.8 Å². The summed E-state index contributed by atoms with van der Waals surface area (Å²) in [5, 5.41) is 8.74. The van der Waals surface area contributed by atoms with Crippen molar-refractivity contribution in [1.29, 1.82) is 5.26 Å². The van der Waals surface area contributed by atoms with E-state index in [1.165, 1.54) is 0 Å². The Morgan fingerprint density at radius 3 is 2.75 bits per heavy atom. The second-order valence-electron chi connectivity index (χ2n) is 5.25. The fraction of sp³-hybridized carbons (Fsp3) is 0.562. The molecule has 1 saturated heterocycles. The summed E-state index contributed by atoms with van der Waals surface area (Å²) in [4.78, 5) is 2.17. The Kier molecular flexibility index (Phi) is 5.37. The molecule has 0 amide bonds. The van der Waals surface area contributed by atoms with Crippen LogP contribution in [0.1, 0.15) is 31.7 Å². The fourth-order valence-electron chi connectivity index (χ4n) is 2.45. The predicted molar refractivity (Wildman–Crippen MR) is 76.4 cm³/mol. The first-order valence-corrected chi connectivity index (χ1v) is 7.26. The lowest BCUT2D eigenvalue weighted by molar-refractivity contribution is 0.0216. The van der Waals surface area contributed by atoms with E-state index in [0.29, 0.717) is 24.3 Å². The van der Waals surface area contributed by atoms with Crippen molar-refractivity contribution in [2.24, 2.45) is 0 Å². The number of likely N-dealkylation sites (tertiary alicyclic amines) is 1. The van der Waals surface area contributed by atoms with Crippen LogP contribution in [0.25, 0.3) is 0 Å². The van der Waals surface area contributed by atoms with Crippen LogP contribution in [0.3, 0.4) is 0 Å². The number of nitrogens with zero attached hydrogens (tertiary/aromatic N) is 2. The molecule has 0 saturated carbocycles. The van der Waals surface area contributed by atoms with Crippen molar-refractivity contribution in [1.82, 2.24) is 4.90 Å². The van der Waals surface area contributed by atoms with Gasteiger partial charge in [-0.25, -0.2) is 4.39 Å². The van der Waals surface area contributed by atoms with Gasteiger partial charge in [-0.2, -0.15) is 5.26 Å². The van der Waals surface area contributed by atoms with E-state index in [1.54, 1.807) is 24.3 Å². The molecule has 4 heteroatoms. The van der Waals surface area contributed by atoms with Crippen molar-refractivity contribution in [2.45, 2.75) is 38.5 Å². The van der Waals surface area contributed by atoms with Gasteiger partial charge >= 0.3 is 0 Å². The highest BCUT2D eigenvalue weighted by atomic mass is 19.1. The maximum absolute atomic E-state index is 14.1. The molecule has 3 nitrogen and oxygen atoms in total. The average Bonchev–Trinajstić information content (AvgIpc) is 2.48. The largest absolute Gasteiger partial charge is 0.487 e. The minimum atomic E-state index is -0.948. The molecule has 1 heterocycles. The molecule has 1 aromatic rings. The van der Waals surface area contributed by atoms with Gasteiger partial charge in [-0.15, -0.1) is 0 Å². The van der Waals surface area contributed by atoms with E-state index >= 15 is 0 Å². The lowest BCUT2D eigenvalue weighted by Crippen LogP contribution is -2.47. The van der Waals surface area contributed by atoms with Gasteiger partial charge in [0.05, 0.1) is 11.6 Å². The number of rotatable bonds is 5. The summed E-state index contributed by atoms with van der Waals surface area (Å²) in [7, 11) is 0. The topological polar surface area (TPSA) is 36.3 Å². The first-order chi connectivity index (χ1) is 9.72. The number of halogens is 1. The molecule has 0 radical (unpaired) electrons. The van der Waals surface area contributed by atoms with Gasteiger partial charge in [-0.3, -0.25) is 0 Å². The highest BCUT2D eigenvalue weighted by molar-refractivity contribution is 5.34. The van der Waals surface area contributed by atoms with Crippen molar-refractivity contribution < 1.29 is 9.13 Å². The zero-order valence-corrected chi connectivity index (χ0v) is 11.9. The van der Waals surface area contributed by atoms with Crippen LogP contribution in [0, 0.1) is 11.3 Å². The molecule has 0 aromatic heterocycles. The number of hydrogen-bond acceptors (Lipinski definition) is 3. The first-order valence-electron chi connectivity index (χ1n) is 7.26. The van der Waals surface area contributed by atoms with Crippen LogP contribution in [0.2, 0.25) is 0 Å². The molecule has 2 unspecified atom stereocenters. The molecular weight excluding hydrogens is 255 g/mol. The van der Waals surface area contributed by atoms with Crippen LogP contribution in [0.5, 0.6) is 5.75 Å². The van der Waals surface area contributed by atoms with E-state index in [4.69, 9.17) is 10.00 Å². The van der Waals surface area contributed by atoms with Gasteiger partial charge in [-0.05, 0) is 43.7 Å². The summed E-state index contributed by atoms with van der Waals surface area (Å²) >= 11 is 0. The van der Waals surface area contributed by atoms with Gasteiger partial charge in [0.15, 0.2) is 0 Å². The molecular formula is C16H21FN2O. The molecule has 1 fully saturated rings. The summed E-state index contributed by atoms with van der Waals surface area (Å²) in [6.07, 6.45) is 1.65. The van der Waals surface area contributed by atoms with Crippen LogP contribution >= 0.6 is 0 Å². The monoisotopic (exact) mass is 276 g/mol. The van der Waals surface area contributed by atoms with Crippen LogP contribution in [-0.2, 0) is 0 Å². The Morgan fingerprint density at radius 2 is 2.15 bits per heavy atom. The zero-order valence-electron chi connectivity index (χ0n) is 11.9. The van der Waals surface area contributed by atoms with E-state index < -0.39 is 6.17 Å². The summed E-state index contributed by atoms with van der Waals surface area (Å²) in [6.45, 7) is 4.47. The molecule has 0 spiro atoms. The Balaban J connectivity index is 1.86. The predicted octanol–water partition coefficient (Wildman–Crippen LogP) is 3.15. The highest BCUT2D eigenvalue weighted by Gasteiger charge is 2.30. The summed E-state index contributed by atoms with van der Waals surface area (Å²) < 4.78 is 19.8. The molecule has 2 rings (SSSR count). The molecule has 0 aliphatic carbocycles. The van der Waals surface area contributed by atoms with Crippen LogP contribution in [-0.4, -0.2) is 36.8 Å². The van der Waals surface area contributed by atoms with Gasteiger partial charge in [0, 0.05) is 13.1 Å². The third kappa shape index (κ3) is 3.94. The SMILES string of the molecule is CCCCN1CCC(Oc2ccc(C#N)cc2)C(F)C1. The van der Waals surface area contributed by atoms with Crippen LogP contribution in [0.4, 0.5) is 4.39 Å². The van der Waals surface area contributed by atoms with Crippen LogP contribution < -0.4 is 4.74 Å². The van der Waals surface area contributed by atoms with E-state index in [9.17, 15) is 4.39 Å². The fourth-order valence-corrected chi connectivity index (χ4v) is 2.45. The van der Waals surface area contributed by atoms with Gasteiger partial charge < -0.3 is 9.64 Å². The molecule has 0 bridgehead atoms. The smallest absolute Gasteiger partial charge is 0.149 e. The molecule has 20 heavy (non-hydrogen) atoms. The Hall–Kier alpha value is -1.60. The van der Waals surface area contributed by atoms with Crippen LogP contribution in [0.15, 0.2) is 24.3 Å². The van der Waals surface area contributed by atoms with Gasteiger partial charge in [0.2, 0.25) is 0 Å². The third-order valence-electron chi connectivity index (χ3n) is 3.66. The Labute approximate surface area is 120 Å². The lowest BCUT2D eigenvalue weighted by Gasteiger charge is -2.34. The second kappa shape index (κ2) is 7.25. The number of alkyl halides is 1. The molecule has 0 N–H and O–H groups in total. The molecule has 108 valence electrons. The van der Waals surface area contributed by atoms with E-state index in [2.05, 4.69) is 17.9 Å². The van der Waals surface area contributed by atoms with E-state index in [-0.39, 0.29) is 6.10 Å². The van der Waals surface area contributed by atoms with E-state index in [1.807, 2.05) is 0 Å². The van der Waals surface area contributed by atoms with Gasteiger partial charge in [0.25, 0.3) is 0 Å². The molecule has 1 aliphatic heterocycles. The maximum atomic E-state index is 14.1. The molecule has 1 aliphatic rings. The van der Waals surface area contributed by atoms with E-state index in [0.717, 1.165) is 25.9 Å². The minimum Gasteiger partial charge on any atom is -0.487 e. The molecule has 2 atom stereocenters. The highest BCUT2D eigenvalue weighted by Crippen LogP contribution is 2.21. The Morgan fingerprint density at radius 1 is 1.40 bits per heavy atom.